The van der Waals surface area contributed by atoms with Gasteiger partial charge in [-0.05, 0) is 25.0 Å². The monoisotopic (exact) mass is 340 g/mol. The highest BCUT2D eigenvalue weighted by molar-refractivity contribution is 6.06. The number of carbonyl (C=O) groups excluding carboxylic acids is 3. The average molecular weight is 340 g/mol. The first-order chi connectivity index (χ1) is 12.1. The molecule has 5 rings (SSSR count). The Morgan fingerprint density at radius 3 is 2.72 bits per heavy atom. The number of rotatable bonds is 2. The van der Waals surface area contributed by atoms with E-state index < -0.39 is 6.04 Å². The number of carbonyl (C=O) groups is 3. The van der Waals surface area contributed by atoms with Gasteiger partial charge in [-0.25, -0.2) is 0 Å². The Morgan fingerprint density at radius 1 is 1.12 bits per heavy atom. The van der Waals surface area contributed by atoms with Crippen molar-refractivity contribution in [3.05, 3.63) is 29.3 Å². The molecule has 7 nitrogen and oxygen atoms in total. The van der Waals surface area contributed by atoms with Crippen LogP contribution < -0.4 is 15.5 Å². The molecule has 130 valence electrons. The van der Waals surface area contributed by atoms with Crippen molar-refractivity contribution < 1.29 is 14.4 Å². The molecule has 4 heterocycles. The third-order valence-corrected chi connectivity index (χ3v) is 5.92. The Kier molecular flexibility index (Phi) is 3.15. The van der Waals surface area contributed by atoms with E-state index in [2.05, 4.69) is 21.6 Å². The van der Waals surface area contributed by atoms with Crippen molar-refractivity contribution in [3.63, 3.8) is 0 Å². The van der Waals surface area contributed by atoms with Gasteiger partial charge in [-0.3, -0.25) is 19.7 Å². The molecule has 0 saturated carbocycles. The van der Waals surface area contributed by atoms with Crippen LogP contribution >= 0.6 is 0 Å². The summed E-state index contributed by atoms with van der Waals surface area (Å²) in [7, 11) is 0. The summed E-state index contributed by atoms with van der Waals surface area (Å²) in [5.41, 5.74) is 2.83. The van der Waals surface area contributed by atoms with E-state index in [0.29, 0.717) is 30.6 Å². The minimum Gasteiger partial charge on any atom is -0.365 e. The normalized spacial score (nSPS) is 30.9. The van der Waals surface area contributed by atoms with E-state index >= 15 is 0 Å². The number of piperazine rings is 1. The molecule has 25 heavy (non-hydrogen) atoms. The summed E-state index contributed by atoms with van der Waals surface area (Å²) in [4.78, 5) is 40.5. The number of hydrogen-bond acceptors (Lipinski definition) is 5. The molecule has 0 spiro atoms. The lowest BCUT2D eigenvalue weighted by atomic mass is 10.0. The maximum absolute atomic E-state index is 12.9. The predicted octanol–water partition coefficient (Wildman–Crippen LogP) is -0.00190. The number of amides is 3. The zero-order valence-electron chi connectivity index (χ0n) is 13.8. The molecule has 2 N–H and O–H groups in total. The standard InChI is InChI=1S/C18H20N4O3/c23-16-5-4-15(17(24)20-16)22-9-13-12(18(22)25)2-1-3-14(13)21-8-10-6-11(21)7-19-10/h1-3,10-11,15,19H,4-9H2,(H,20,23,24). The van der Waals surface area contributed by atoms with Gasteiger partial charge in [0.15, 0.2) is 0 Å². The summed E-state index contributed by atoms with van der Waals surface area (Å²) in [6.45, 7) is 2.39. The lowest BCUT2D eigenvalue weighted by Crippen LogP contribution is -2.52. The lowest BCUT2D eigenvalue weighted by molar-refractivity contribution is -0.136. The van der Waals surface area contributed by atoms with E-state index in [9.17, 15) is 14.4 Å². The molecule has 4 aliphatic rings. The predicted molar refractivity (Wildman–Crippen MR) is 90.0 cm³/mol. The van der Waals surface area contributed by atoms with E-state index in [1.54, 1.807) is 4.90 Å². The number of nitrogens with zero attached hydrogens (tertiary/aromatic N) is 2. The zero-order valence-corrected chi connectivity index (χ0v) is 13.8. The molecule has 1 aromatic carbocycles. The van der Waals surface area contributed by atoms with Gasteiger partial charge in [0.05, 0.1) is 0 Å². The summed E-state index contributed by atoms with van der Waals surface area (Å²) in [6, 6.07) is 6.32. The number of benzene rings is 1. The molecule has 0 aliphatic carbocycles. The van der Waals surface area contributed by atoms with Crippen molar-refractivity contribution in [2.75, 3.05) is 18.0 Å². The number of nitrogens with one attached hydrogen (secondary N) is 2. The second-order valence-corrected chi connectivity index (χ2v) is 7.35. The van der Waals surface area contributed by atoms with Crippen LogP contribution in [0.5, 0.6) is 0 Å². The van der Waals surface area contributed by atoms with Crippen molar-refractivity contribution in [1.82, 2.24) is 15.5 Å². The van der Waals surface area contributed by atoms with Crippen molar-refractivity contribution in [2.24, 2.45) is 0 Å². The summed E-state index contributed by atoms with van der Waals surface area (Å²) >= 11 is 0. The zero-order chi connectivity index (χ0) is 17.1. The van der Waals surface area contributed by atoms with Crippen LogP contribution in [0, 0.1) is 0 Å². The summed E-state index contributed by atoms with van der Waals surface area (Å²) < 4.78 is 0. The van der Waals surface area contributed by atoms with Crippen molar-refractivity contribution >= 4 is 23.4 Å². The molecule has 3 unspecified atom stereocenters. The fourth-order valence-electron chi connectivity index (χ4n) is 4.69. The second-order valence-electron chi connectivity index (χ2n) is 7.35. The third-order valence-electron chi connectivity index (χ3n) is 5.92. The fraction of sp³-hybridized carbons (Fsp3) is 0.500. The highest BCUT2D eigenvalue weighted by Gasteiger charge is 2.43. The van der Waals surface area contributed by atoms with E-state index in [1.165, 1.54) is 0 Å². The molecule has 2 bridgehead atoms. The largest absolute Gasteiger partial charge is 0.365 e. The van der Waals surface area contributed by atoms with E-state index in [4.69, 9.17) is 0 Å². The van der Waals surface area contributed by atoms with Crippen molar-refractivity contribution in [2.45, 2.75) is 43.9 Å². The molecule has 3 fully saturated rings. The highest BCUT2D eigenvalue weighted by Crippen LogP contribution is 2.38. The first-order valence-electron chi connectivity index (χ1n) is 8.88. The number of piperidine rings is 1. The molecule has 7 heteroatoms. The Hall–Kier alpha value is -2.41. The summed E-state index contributed by atoms with van der Waals surface area (Å²) in [5, 5.41) is 5.85. The highest BCUT2D eigenvalue weighted by atomic mass is 16.2. The van der Waals surface area contributed by atoms with Crippen LogP contribution in [0.3, 0.4) is 0 Å². The van der Waals surface area contributed by atoms with E-state index in [-0.39, 0.29) is 24.1 Å². The minimum atomic E-state index is -0.554. The average Bonchev–Trinajstić information content (AvgIpc) is 3.30. The topological polar surface area (TPSA) is 81.8 Å². The van der Waals surface area contributed by atoms with Crippen LogP contribution in [-0.4, -0.2) is 53.8 Å². The molecule has 0 radical (unpaired) electrons. The van der Waals surface area contributed by atoms with Gasteiger partial charge in [-0.15, -0.1) is 0 Å². The quantitative estimate of drug-likeness (QED) is 0.741. The van der Waals surface area contributed by atoms with E-state index in [0.717, 1.165) is 30.8 Å². The van der Waals surface area contributed by atoms with Gasteiger partial charge in [0.25, 0.3) is 5.91 Å². The second kappa shape index (κ2) is 5.29. The third kappa shape index (κ3) is 2.18. The van der Waals surface area contributed by atoms with Crippen LogP contribution in [0.4, 0.5) is 5.69 Å². The van der Waals surface area contributed by atoms with Gasteiger partial charge < -0.3 is 15.1 Å². The number of imide groups is 1. The first-order valence-corrected chi connectivity index (χ1v) is 8.88. The molecule has 1 aromatic rings. The molecule has 0 aromatic heterocycles. The van der Waals surface area contributed by atoms with Crippen LogP contribution in [-0.2, 0) is 16.1 Å². The van der Waals surface area contributed by atoms with Gasteiger partial charge in [0.2, 0.25) is 11.8 Å². The molecule has 3 saturated heterocycles. The van der Waals surface area contributed by atoms with Gasteiger partial charge in [0.1, 0.15) is 6.04 Å². The molecular weight excluding hydrogens is 320 g/mol. The summed E-state index contributed by atoms with van der Waals surface area (Å²) in [5.74, 6) is -0.719. The van der Waals surface area contributed by atoms with Gasteiger partial charge >= 0.3 is 0 Å². The van der Waals surface area contributed by atoms with Crippen molar-refractivity contribution in [1.29, 1.82) is 0 Å². The Morgan fingerprint density at radius 2 is 2.00 bits per heavy atom. The Bertz CT molecular complexity index is 793. The smallest absolute Gasteiger partial charge is 0.255 e. The van der Waals surface area contributed by atoms with Gasteiger partial charge in [-0.1, -0.05) is 6.07 Å². The van der Waals surface area contributed by atoms with Crippen LogP contribution in [0.25, 0.3) is 0 Å². The van der Waals surface area contributed by atoms with Crippen LogP contribution in [0.1, 0.15) is 35.2 Å². The van der Waals surface area contributed by atoms with Gasteiger partial charge in [-0.2, -0.15) is 0 Å². The number of anilines is 1. The van der Waals surface area contributed by atoms with Crippen molar-refractivity contribution in [3.8, 4) is 0 Å². The summed E-state index contributed by atoms with van der Waals surface area (Å²) in [6.07, 6.45) is 1.83. The first kappa shape index (κ1) is 14.9. The minimum absolute atomic E-state index is 0.103. The lowest BCUT2D eigenvalue weighted by Gasteiger charge is -2.32. The SMILES string of the molecule is O=C1CCC(N2Cc3c(cccc3N3CC4CC3CN4)C2=O)C(=O)N1. The van der Waals surface area contributed by atoms with Crippen LogP contribution in [0.15, 0.2) is 18.2 Å². The Labute approximate surface area is 145 Å². The molecule has 3 amide bonds. The maximum Gasteiger partial charge on any atom is 0.255 e. The van der Waals surface area contributed by atoms with Gasteiger partial charge in [0, 0.05) is 55.0 Å². The fourth-order valence-corrected chi connectivity index (χ4v) is 4.69. The maximum atomic E-state index is 12.9. The molecule has 4 aliphatic heterocycles. The Balaban J connectivity index is 1.46. The molecule has 3 atom stereocenters. The van der Waals surface area contributed by atoms with E-state index in [1.807, 2.05) is 12.1 Å². The molecular formula is C18H20N4O3. The number of fused-ring (bicyclic) bond motifs is 3. The van der Waals surface area contributed by atoms with Crippen LogP contribution in [0.2, 0.25) is 0 Å². The number of hydrogen-bond donors (Lipinski definition) is 2.